The fraction of sp³-hybridized carbons (Fsp3) is 0.333. The van der Waals surface area contributed by atoms with Gasteiger partial charge in [-0.15, -0.1) is 0 Å². The smallest absolute Gasteiger partial charge is 0.257 e. The summed E-state index contributed by atoms with van der Waals surface area (Å²) in [5.74, 6) is 7.22. The number of nitrogens with two attached hydrogens (primary N) is 1. The summed E-state index contributed by atoms with van der Waals surface area (Å²) in [6.07, 6.45) is 3.86. The van der Waals surface area contributed by atoms with E-state index in [4.69, 9.17) is 15.3 Å². The monoisotopic (exact) mass is 486 g/mol. The van der Waals surface area contributed by atoms with Crippen molar-refractivity contribution in [2.75, 3.05) is 45.6 Å². The molecule has 2 aromatic heterocycles. The summed E-state index contributed by atoms with van der Waals surface area (Å²) >= 11 is 0. The van der Waals surface area contributed by atoms with Gasteiger partial charge < -0.3 is 15.4 Å². The second-order valence-electron chi connectivity index (χ2n) is 8.17. The molecule has 3 heterocycles. The summed E-state index contributed by atoms with van der Waals surface area (Å²) in [4.78, 5) is 33.7. The molecular weight excluding hydrogens is 456 g/mol. The summed E-state index contributed by atoms with van der Waals surface area (Å²) in [6, 6.07) is 9.04. The van der Waals surface area contributed by atoms with Crippen LogP contribution in [0.2, 0.25) is 0 Å². The van der Waals surface area contributed by atoms with Gasteiger partial charge in [0.05, 0.1) is 36.2 Å². The highest BCUT2D eigenvalue weighted by Crippen LogP contribution is 2.30. The van der Waals surface area contributed by atoms with E-state index in [1.807, 2.05) is 42.0 Å². The molecular formula is C27H30N6O3. The Kier molecular flexibility index (Phi) is 8.10. The van der Waals surface area contributed by atoms with Gasteiger partial charge in [-0.1, -0.05) is 24.8 Å². The lowest BCUT2D eigenvalue weighted by molar-refractivity contribution is -0.169. The van der Waals surface area contributed by atoms with Gasteiger partial charge in [-0.3, -0.25) is 9.63 Å². The number of aryl methyl sites for hydroxylation is 1. The number of ether oxygens (including phenoxy) is 1. The summed E-state index contributed by atoms with van der Waals surface area (Å²) in [7, 11) is 1.56. The molecule has 186 valence electrons. The largest absolute Gasteiger partial charge is 0.496 e. The highest BCUT2D eigenvalue weighted by atomic mass is 16.7. The predicted octanol–water partition coefficient (Wildman–Crippen LogP) is 2.80. The van der Waals surface area contributed by atoms with Crippen LogP contribution in [-0.4, -0.2) is 70.7 Å². The Morgan fingerprint density at radius 1 is 1.06 bits per heavy atom. The molecule has 0 atom stereocenters. The van der Waals surface area contributed by atoms with Crippen LogP contribution in [0, 0.1) is 11.8 Å². The van der Waals surface area contributed by atoms with E-state index in [9.17, 15) is 4.79 Å². The molecule has 2 N–H and O–H groups in total. The lowest BCUT2D eigenvalue weighted by Gasteiger charge is -2.34. The van der Waals surface area contributed by atoms with E-state index in [1.165, 1.54) is 6.33 Å². The number of nitrogen functional groups attached to an aromatic ring is 1. The normalized spacial score (nSPS) is 13.7. The number of nitrogens with zero attached hydrogens (tertiary/aromatic N) is 5. The van der Waals surface area contributed by atoms with Crippen LogP contribution in [-0.2, 0) is 11.3 Å². The Hall–Kier alpha value is -4.00. The minimum Gasteiger partial charge on any atom is -0.496 e. The van der Waals surface area contributed by atoms with Crippen molar-refractivity contribution in [3.8, 4) is 28.8 Å². The Morgan fingerprint density at radius 2 is 1.86 bits per heavy atom. The highest BCUT2D eigenvalue weighted by Gasteiger charge is 2.25. The van der Waals surface area contributed by atoms with Gasteiger partial charge >= 0.3 is 0 Å². The number of hydroxylamine groups is 2. The van der Waals surface area contributed by atoms with Gasteiger partial charge in [-0.25, -0.2) is 15.0 Å². The molecule has 0 aliphatic carbocycles. The molecule has 0 radical (unpaired) electrons. The van der Waals surface area contributed by atoms with Crippen molar-refractivity contribution in [1.82, 2.24) is 24.9 Å². The summed E-state index contributed by atoms with van der Waals surface area (Å²) in [5.41, 5.74) is 9.97. The number of rotatable bonds is 6. The number of benzene rings is 1. The molecule has 0 unspecified atom stereocenters. The number of methoxy groups -OCH3 is 1. The maximum atomic E-state index is 13.3. The summed E-state index contributed by atoms with van der Waals surface area (Å²) in [6.45, 7) is 7.13. The number of hydrogen-bond acceptors (Lipinski definition) is 8. The number of anilines is 1. The molecule has 36 heavy (non-hydrogen) atoms. The Balaban J connectivity index is 1.64. The molecule has 1 aliphatic heterocycles. The molecule has 1 amide bonds. The third-order valence-electron chi connectivity index (χ3n) is 5.92. The maximum absolute atomic E-state index is 13.3. The van der Waals surface area contributed by atoms with Crippen LogP contribution >= 0.6 is 0 Å². The first-order valence-corrected chi connectivity index (χ1v) is 12.0. The third kappa shape index (κ3) is 5.62. The highest BCUT2D eigenvalue weighted by molar-refractivity contribution is 5.97. The van der Waals surface area contributed by atoms with Gasteiger partial charge in [0.15, 0.2) is 0 Å². The molecule has 3 aromatic rings. The number of piperazine rings is 1. The molecule has 1 aliphatic rings. The van der Waals surface area contributed by atoms with Crippen LogP contribution in [0.15, 0.2) is 42.9 Å². The number of amides is 1. The molecule has 9 heteroatoms. The van der Waals surface area contributed by atoms with Crippen molar-refractivity contribution in [2.24, 2.45) is 0 Å². The minimum absolute atomic E-state index is 0.0673. The first-order valence-electron chi connectivity index (χ1n) is 12.0. The van der Waals surface area contributed by atoms with Crippen LogP contribution in [0.25, 0.3) is 11.3 Å². The van der Waals surface area contributed by atoms with Crippen molar-refractivity contribution < 1.29 is 14.4 Å². The van der Waals surface area contributed by atoms with Gasteiger partial charge in [-0.05, 0) is 37.6 Å². The lowest BCUT2D eigenvalue weighted by atomic mass is 10.0. The molecule has 1 fully saturated rings. The standard InChI is InChI=1S/C27H30N6O3/c1-4-23-21(9-6-19-7-11-25(28)29-17-19)26(31-18-30-23)20-8-10-22(24(16-20)35-3)27(34)32-12-14-33(15-13-32)36-5-2/h7-8,10-11,16-18H,4-5,12-15H2,1-3H3,(H2,28,29). The fourth-order valence-corrected chi connectivity index (χ4v) is 4.04. The topological polar surface area (TPSA) is 107 Å². The van der Waals surface area contributed by atoms with Crippen molar-refractivity contribution in [1.29, 1.82) is 0 Å². The molecule has 1 aromatic carbocycles. The van der Waals surface area contributed by atoms with Gasteiger partial charge in [0.2, 0.25) is 0 Å². The first-order chi connectivity index (χ1) is 17.5. The second-order valence-corrected chi connectivity index (χ2v) is 8.17. The molecule has 0 spiro atoms. The van der Waals surface area contributed by atoms with Crippen molar-refractivity contribution in [3.63, 3.8) is 0 Å². The number of pyridine rings is 1. The minimum atomic E-state index is -0.0673. The molecule has 4 rings (SSSR count). The Labute approximate surface area is 211 Å². The number of carbonyl (C=O) groups is 1. The van der Waals surface area contributed by atoms with Crippen LogP contribution < -0.4 is 10.5 Å². The van der Waals surface area contributed by atoms with E-state index < -0.39 is 0 Å². The van der Waals surface area contributed by atoms with E-state index in [2.05, 4.69) is 26.8 Å². The SMILES string of the molecule is CCON1CCN(C(=O)c2ccc(-c3ncnc(CC)c3C#Cc3ccc(N)nc3)cc2OC)CC1. The number of hydrogen-bond donors (Lipinski definition) is 1. The van der Waals surface area contributed by atoms with Gasteiger partial charge in [0, 0.05) is 43.5 Å². The van der Waals surface area contributed by atoms with Crippen LogP contribution in [0.4, 0.5) is 5.82 Å². The van der Waals surface area contributed by atoms with Crippen LogP contribution in [0.1, 0.15) is 41.0 Å². The molecule has 1 saturated heterocycles. The zero-order chi connectivity index (χ0) is 25.5. The van der Waals surface area contributed by atoms with Crippen LogP contribution in [0.3, 0.4) is 0 Å². The zero-order valence-electron chi connectivity index (χ0n) is 20.8. The third-order valence-corrected chi connectivity index (χ3v) is 5.92. The van der Waals surface area contributed by atoms with E-state index in [-0.39, 0.29) is 5.91 Å². The average molecular weight is 487 g/mol. The van der Waals surface area contributed by atoms with Gasteiger partial charge in [-0.2, -0.15) is 5.06 Å². The predicted molar refractivity (Wildman–Crippen MR) is 137 cm³/mol. The summed E-state index contributed by atoms with van der Waals surface area (Å²) < 4.78 is 5.63. The Bertz CT molecular complexity index is 1270. The van der Waals surface area contributed by atoms with Gasteiger partial charge in [0.1, 0.15) is 17.9 Å². The Morgan fingerprint density at radius 3 is 2.53 bits per heavy atom. The van der Waals surface area contributed by atoms with Crippen LogP contribution in [0.5, 0.6) is 5.75 Å². The number of aromatic nitrogens is 3. The van der Waals surface area contributed by atoms with Crippen molar-refractivity contribution in [2.45, 2.75) is 20.3 Å². The van der Waals surface area contributed by atoms with E-state index in [1.54, 1.807) is 25.4 Å². The van der Waals surface area contributed by atoms with E-state index in [0.29, 0.717) is 62.0 Å². The van der Waals surface area contributed by atoms with Gasteiger partial charge in [0.25, 0.3) is 5.91 Å². The molecule has 0 bridgehead atoms. The summed E-state index contributed by atoms with van der Waals surface area (Å²) in [5, 5.41) is 1.90. The quantitative estimate of drug-likeness (QED) is 0.530. The second kappa shape index (κ2) is 11.6. The number of carbonyl (C=O) groups excluding carboxylic acids is 1. The molecule has 9 nitrogen and oxygen atoms in total. The van der Waals surface area contributed by atoms with E-state index >= 15 is 0 Å². The molecule has 0 saturated carbocycles. The first kappa shape index (κ1) is 25.1. The van der Waals surface area contributed by atoms with Crippen molar-refractivity contribution in [3.05, 3.63) is 65.2 Å². The average Bonchev–Trinajstić information content (AvgIpc) is 2.92. The van der Waals surface area contributed by atoms with Crippen molar-refractivity contribution >= 4 is 11.7 Å². The zero-order valence-corrected chi connectivity index (χ0v) is 20.8. The maximum Gasteiger partial charge on any atom is 0.257 e. The van der Waals surface area contributed by atoms with E-state index in [0.717, 1.165) is 22.4 Å². The lowest BCUT2D eigenvalue weighted by Crippen LogP contribution is -2.48. The fourth-order valence-electron chi connectivity index (χ4n) is 4.04.